The van der Waals surface area contributed by atoms with E-state index in [1.807, 2.05) is 13.8 Å². The predicted molar refractivity (Wildman–Crippen MR) is 211 cm³/mol. The van der Waals surface area contributed by atoms with Gasteiger partial charge in [0.1, 0.15) is 0 Å². The van der Waals surface area contributed by atoms with Gasteiger partial charge in [-0.3, -0.25) is 0 Å². The molecule has 232 valence electrons. The van der Waals surface area contributed by atoms with Gasteiger partial charge in [-0.1, -0.05) is 166 Å². The van der Waals surface area contributed by atoms with Crippen LogP contribution in [0.15, 0.2) is 176 Å². The zero-order valence-electron chi connectivity index (χ0n) is 27.8. The molecule has 0 fully saturated rings. The first-order valence-corrected chi connectivity index (χ1v) is 17.5. The summed E-state index contributed by atoms with van der Waals surface area (Å²) in [5, 5.41) is 8.06. The van der Waals surface area contributed by atoms with Crippen molar-refractivity contribution in [2.24, 2.45) is 0 Å². The lowest BCUT2D eigenvalue weighted by Crippen LogP contribution is -2.01. The summed E-state index contributed by atoms with van der Waals surface area (Å²) in [7, 11) is 0. The standard InChI is InChI=1S/C47H30.C2H6/c1-3-11-30(12-4-1)37-26-38(31-13-5-2-6-14-31)28-39(27-37)34-17-10-18-35(25-34)45-41-20-8-7-19-40(41)43-29-36-22-21-32-15-9-16-33-23-24-42(47(43)45)46(36)44(32)33;1-2/h1-29,45H;1-2H3. The molecule has 0 saturated heterocycles. The number of hydrogen-bond acceptors (Lipinski definition) is 0. The Hall–Kier alpha value is -5.98. The monoisotopic (exact) mass is 624 g/mol. The molecule has 0 amide bonds. The third-order valence-corrected chi connectivity index (χ3v) is 10.2. The zero-order chi connectivity index (χ0) is 32.9. The number of benzene rings is 9. The van der Waals surface area contributed by atoms with Gasteiger partial charge in [0, 0.05) is 5.92 Å². The number of rotatable bonds is 4. The molecule has 0 saturated carbocycles. The third kappa shape index (κ3) is 4.75. The highest BCUT2D eigenvalue weighted by atomic mass is 14.3. The Morgan fingerprint density at radius 3 is 1.59 bits per heavy atom. The molecule has 0 N–H and O–H groups in total. The first-order chi connectivity index (χ1) is 24.3. The quantitative estimate of drug-likeness (QED) is 0.171. The molecular weight excluding hydrogens is 589 g/mol. The van der Waals surface area contributed by atoms with Gasteiger partial charge >= 0.3 is 0 Å². The molecule has 10 rings (SSSR count). The predicted octanol–water partition coefficient (Wildman–Crippen LogP) is 13.8. The maximum absolute atomic E-state index is 2.45. The second-order valence-corrected chi connectivity index (χ2v) is 12.9. The summed E-state index contributed by atoms with van der Waals surface area (Å²) < 4.78 is 0. The fourth-order valence-corrected chi connectivity index (χ4v) is 8.15. The molecule has 0 radical (unpaired) electrons. The van der Waals surface area contributed by atoms with Crippen LogP contribution in [0.3, 0.4) is 0 Å². The Balaban J connectivity index is 0.00000160. The van der Waals surface area contributed by atoms with Crippen molar-refractivity contribution in [2.45, 2.75) is 19.8 Å². The molecule has 1 aliphatic rings. The number of fused-ring (bicyclic) bond motifs is 4. The van der Waals surface area contributed by atoms with Crippen molar-refractivity contribution in [3.63, 3.8) is 0 Å². The fraction of sp³-hybridized carbons (Fsp3) is 0.0612. The molecule has 0 heteroatoms. The molecule has 1 aliphatic carbocycles. The Labute approximate surface area is 288 Å². The van der Waals surface area contributed by atoms with Gasteiger partial charge in [0.2, 0.25) is 0 Å². The first kappa shape index (κ1) is 29.2. The van der Waals surface area contributed by atoms with Gasteiger partial charge in [-0.15, -0.1) is 0 Å². The van der Waals surface area contributed by atoms with E-state index in [9.17, 15) is 0 Å². The lowest BCUT2D eigenvalue weighted by molar-refractivity contribution is 1.03. The van der Waals surface area contributed by atoms with Crippen LogP contribution >= 0.6 is 0 Å². The van der Waals surface area contributed by atoms with Crippen LogP contribution in [0.5, 0.6) is 0 Å². The molecule has 0 aromatic heterocycles. The van der Waals surface area contributed by atoms with Crippen LogP contribution in [0.4, 0.5) is 0 Å². The van der Waals surface area contributed by atoms with Crippen LogP contribution in [-0.4, -0.2) is 0 Å². The van der Waals surface area contributed by atoms with E-state index in [1.54, 1.807) is 0 Å². The summed E-state index contributed by atoms with van der Waals surface area (Å²) in [5.74, 6) is 0.150. The molecule has 1 atom stereocenters. The Kier molecular flexibility index (Phi) is 7.10. The van der Waals surface area contributed by atoms with Crippen molar-refractivity contribution in [1.82, 2.24) is 0 Å². The average molecular weight is 625 g/mol. The van der Waals surface area contributed by atoms with Gasteiger partial charge in [-0.25, -0.2) is 0 Å². The van der Waals surface area contributed by atoms with Crippen LogP contribution in [0, 0.1) is 0 Å². The maximum Gasteiger partial charge on any atom is 0.0358 e. The van der Waals surface area contributed by atoms with Gasteiger partial charge in [0.25, 0.3) is 0 Å². The van der Waals surface area contributed by atoms with Crippen LogP contribution in [0.1, 0.15) is 36.5 Å². The second kappa shape index (κ2) is 11.9. The van der Waals surface area contributed by atoms with Crippen molar-refractivity contribution < 1.29 is 0 Å². The van der Waals surface area contributed by atoms with E-state index in [0.717, 1.165) is 0 Å². The molecule has 0 aliphatic heterocycles. The largest absolute Gasteiger partial charge is 0.0683 e. The third-order valence-electron chi connectivity index (χ3n) is 10.2. The van der Waals surface area contributed by atoms with Crippen molar-refractivity contribution in [3.05, 3.63) is 193 Å². The van der Waals surface area contributed by atoms with Crippen molar-refractivity contribution in [3.8, 4) is 44.5 Å². The topological polar surface area (TPSA) is 0 Å². The van der Waals surface area contributed by atoms with Crippen LogP contribution < -0.4 is 0 Å². The van der Waals surface area contributed by atoms with E-state index in [-0.39, 0.29) is 5.92 Å². The highest BCUT2D eigenvalue weighted by Gasteiger charge is 2.32. The van der Waals surface area contributed by atoms with E-state index in [0.29, 0.717) is 0 Å². The summed E-state index contributed by atoms with van der Waals surface area (Å²) >= 11 is 0. The van der Waals surface area contributed by atoms with E-state index >= 15 is 0 Å². The summed E-state index contributed by atoms with van der Waals surface area (Å²) in [4.78, 5) is 0. The van der Waals surface area contributed by atoms with Gasteiger partial charge in [-0.2, -0.15) is 0 Å². The average Bonchev–Trinajstić information content (AvgIpc) is 3.52. The van der Waals surface area contributed by atoms with E-state index < -0.39 is 0 Å². The zero-order valence-corrected chi connectivity index (χ0v) is 27.8. The number of hydrogen-bond donors (Lipinski definition) is 0. The highest BCUT2D eigenvalue weighted by molar-refractivity contribution is 6.25. The maximum atomic E-state index is 2.45. The molecule has 1 unspecified atom stereocenters. The molecule has 9 aromatic carbocycles. The summed E-state index contributed by atoms with van der Waals surface area (Å²) in [5.41, 5.74) is 14.2. The smallest absolute Gasteiger partial charge is 0.0358 e. The molecule has 0 bridgehead atoms. The molecule has 9 aromatic rings. The molecule has 49 heavy (non-hydrogen) atoms. The van der Waals surface area contributed by atoms with Crippen molar-refractivity contribution >= 4 is 32.3 Å². The second-order valence-electron chi connectivity index (χ2n) is 12.9. The molecule has 0 spiro atoms. The summed E-state index contributed by atoms with van der Waals surface area (Å²) in [6.07, 6.45) is 0. The Morgan fingerprint density at radius 1 is 0.347 bits per heavy atom. The Bertz CT molecular complexity index is 2540. The van der Waals surface area contributed by atoms with Crippen molar-refractivity contribution in [2.75, 3.05) is 0 Å². The summed E-state index contributed by atoms with van der Waals surface area (Å²) in [6, 6.07) is 65.2. The van der Waals surface area contributed by atoms with Gasteiger partial charge in [0.15, 0.2) is 0 Å². The van der Waals surface area contributed by atoms with E-state index in [1.165, 1.54) is 93.5 Å². The minimum absolute atomic E-state index is 0.150. The van der Waals surface area contributed by atoms with E-state index in [2.05, 4.69) is 176 Å². The first-order valence-electron chi connectivity index (χ1n) is 17.5. The van der Waals surface area contributed by atoms with Crippen LogP contribution in [0.25, 0.3) is 76.8 Å². The lowest BCUT2D eigenvalue weighted by atomic mass is 9.83. The van der Waals surface area contributed by atoms with Gasteiger partial charge in [-0.05, 0) is 118 Å². The Morgan fingerprint density at radius 2 is 0.898 bits per heavy atom. The molecular formula is C49H36. The molecule has 0 nitrogen and oxygen atoms in total. The normalized spacial score (nSPS) is 13.3. The summed E-state index contributed by atoms with van der Waals surface area (Å²) in [6.45, 7) is 4.00. The van der Waals surface area contributed by atoms with E-state index in [4.69, 9.17) is 0 Å². The minimum Gasteiger partial charge on any atom is -0.0683 e. The highest BCUT2D eigenvalue weighted by Crippen LogP contribution is 2.53. The molecule has 0 heterocycles. The minimum atomic E-state index is 0.150. The van der Waals surface area contributed by atoms with Gasteiger partial charge in [0.05, 0.1) is 0 Å². The van der Waals surface area contributed by atoms with Crippen LogP contribution in [0.2, 0.25) is 0 Å². The lowest BCUT2D eigenvalue weighted by Gasteiger charge is -2.20. The SMILES string of the molecule is CC.c1ccc(-c2cc(-c3ccccc3)cc(-c3cccc(C4c5ccccc5-c5cc6ccc7cccc8ccc(c54)c6c78)c3)c2)cc1. The van der Waals surface area contributed by atoms with Gasteiger partial charge < -0.3 is 0 Å². The fourth-order valence-electron chi connectivity index (χ4n) is 8.15. The van der Waals surface area contributed by atoms with Crippen LogP contribution in [-0.2, 0) is 0 Å². The van der Waals surface area contributed by atoms with Crippen molar-refractivity contribution in [1.29, 1.82) is 0 Å².